The molecular weight excluding hydrogens is 403 g/mol. The quantitative estimate of drug-likeness (QED) is 0.452. The van der Waals surface area contributed by atoms with Crippen molar-refractivity contribution < 1.29 is 0 Å². The number of thiophene rings is 1. The van der Waals surface area contributed by atoms with Gasteiger partial charge in [0.15, 0.2) is 5.96 Å². The molecule has 0 amide bonds. The zero-order valence-corrected chi connectivity index (χ0v) is 15.7. The predicted molar refractivity (Wildman–Crippen MR) is 98.4 cm³/mol. The molecule has 2 rings (SSSR count). The van der Waals surface area contributed by atoms with Crippen LogP contribution in [0.4, 0.5) is 0 Å². The summed E-state index contributed by atoms with van der Waals surface area (Å²) in [5.41, 5.74) is 2.39. The van der Waals surface area contributed by atoms with Gasteiger partial charge in [0.1, 0.15) is 5.01 Å². The van der Waals surface area contributed by atoms with Crippen LogP contribution in [-0.4, -0.2) is 18.0 Å². The van der Waals surface area contributed by atoms with Gasteiger partial charge in [-0.2, -0.15) is 11.3 Å². The number of hydrogen-bond donors (Lipinski definition) is 2. The Hall–Kier alpha value is -0.670. The van der Waals surface area contributed by atoms with Gasteiger partial charge in [-0.3, -0.25) is 4.99 Å². The van der Waals surface area contributed by atoms with Crippen molar-refractivity contribution >= 4 is 52.6 Å². The zero-order valence-electron chi connectivity index (χ0n) is 11.8. The molecule has 0 aromatic carbocycles. The first-order valence-electron chi connectivity index (χ1n) is 6.07. The minimum absolute atomic E-state index is 0. The molecule has 0 aliphatic heterocycles. The van der Waals surface area contributed by atoms with E-state index in [2.05, 4.69) is 44.4 Å². The van der Waals surface area contributed by atoms with Crippen molar-refractivity contribution in [2.45, 2.75) is 26.9 Å². The van der Waals surface area contributed by atoms with E-state index in [0.29, 0.717) is 6.54 Å². The predicted octanol–water partition coefficient (Wildman–Crippen LogP) is 3.30. The summed E-state index contributed by atoms with van der Waals surface area (Å²) in [5.74, 6) is 0.803. The molecule has 2 heterocycles. The Bertz CT molecular complexity index is 529. The van der Waals surface area contributed by atoms with Crippen molar-refractivity contribution in [1.82, 2.24) is 15.6 Å². The number of aliphatic imine (C=N–C) groups is 1. The third-order valence-corrected chi connectivity index (χ3v) is 4.55. The first-order valence-corrected chi connectivity index (χ1v) is 7.83. The molecule has 0 atom stereocenters. The van der Waals surface area contributed by atoms with Crippen molar-refractivity contribution in [3.05, 3.63) is 38.0 Å². The molecule has 7 heteroatoms. The van der Waals surface area contributed by atoms with Gasteiger partial charge in [-0.05, 0) is 36.2 Å². The zero-order chi connectivity index (χ0) is 13.7. The van der Waals surface area contributed by atoms with Gasteiger partial charge in [-0.1, -0.05) is 0 Å². The highest BCUT2D eigenvalue weighted by molar-refractivity contribution is 14.0. The molecule has 2 aromatic rings. The molecule has 0 fully saturated rings. The van der Waals surface area contributed by atoms with Gasteiger partial charge < -0.3 is 10.6 Å². The van der Waals surface area contributed by atoms with Crippen LogP contribution in [0.25, 0.3) is 0 Å². The third kappa shape index (κ3) is 5.02. The molecule has 2 aromatic heterocycles. The van der Waals surface area contributed by atoms with E-state index in [1.165, 1.54) is 10.4 Å². The molecule has 0 unspecified atom stereocenters. The van der Waals surface area contributed by atoms with Crippen LogP contribution in [0.2, 0.25) is 0 Å². The summed E-state index contributed by atoms with van der Waals surface area (Å²) in [4.78, 5) is 9.98. The van der Waals surface area contributed by atoms with Crippen LogP contribution in [-0.2, 0) is 13.1 Å². The molecule has 4 nitrogen and oxygen atoms in total. The first-order chi connectivity index (χ1) is 9.19. The fraction of sp³-hybridized carbons (Fsp3) is 0.385. The second-order valence-corrected chi connectivity index (χ2v) is 6.23. The first kappa shape index (κ1) is 17.4. The molecule has 20 heavy (non-hydrogen) atoms. The minimum atomic E-state index is 0. The summed E-state index contributed by atoms with van der Waals surface area (Å²) in [6.07, 6.45) is 0. The molecule has 0 spiro atoms. The molecule has 0 bridgehead atoms. The number of aromatic nitrogens is 1. The van der Waals surface area contributed by atoms with E-state index in [9.17, 15) is 0 Å². The molecule has 0 aliphatic carbocycles. The normalized spacial score (nSPS) is 11.1. The monoisotopic (exact) mass is 422 g/mol. The van der Waals surface area contributed by atoms with Gasteiger partial charge in [0.25, 0.3) is 0 Å². The summed E-state index contributed by atoms with van der Waals surface area (Å²) in [7, 11) is 1.78. The fourth-order valence-corrected chi connectivity index (χ4v) is 3.12. The van der Waals surface area contributed by atoms with Gasteiger partial charge in [0.05, 0.1) is 12.2 Å². The Morgan fingerprint density at radius 2 is 2.05 bits per heavy atom. The SMILES string of the molecule is CN=C(NCc1ccsc1)NCc1nc(C)c(C)s1.I. The summed E-state index contributed by atoms with van der Waals surface area (Å²) in [6.45, 7) is 5.64. The van der Waals surface area contributed by atoms with Crippen molar-refractivity contribution in [2.75, 3.05) is 7.05 Å². The van der Waals surface area contributed by atoms with Crippen LogP contribution in [0.3, 0.4) is 0 Å². The van der Waals surface area contributed by atoms with Crippen LogP contribution in [0.15, 0.2) is 21.8 Å². The lowest BCUT2D eigenvalue weighted by Gasteiger charge is -2.09. The summed E-state index contributed by atoms with van der Waals surface area (Å²) in [5, 5.41) is 11.9. The number of nitrogens with zero attached hydrogens (tertiary/aromatic N) is 2. The van der Waals surface area contributed by atoms with Crippen molar-refractivity contribution in [3.8, 4) is 0 Å². The lowest BCUT2D eigenvalue weighted by Crippen LogP contribution is -2.36. The van der Waals surface area contributed by atoms with Gasteiger partial charge in [0, 0.05) is 18.5 Å². The van der Waals surface area contributed by atoms with E-state index >= 15 is 0 Å². The average Bonchev–Trinajstić information content (AvgIpc) is 3.01. The average molecular weight is 422 g/mol. The smallest absolute Gasteiger partial charge is 0.191 e. The maximum Gasteiger partial charge on any atom is 0.191 e. The lowest BCUT2D eigenvalue weighted by atomic mass is 10.3. The molecule has 110 valence electrons. The number of halogens is 1. The maximum atomic E-state index is 4.50. The molecule has 0 saturated heterocycles. The maximum absolute atomic E-state index is 4.50. The second-order valence-electron chi connectivity index (χ2n) is 4.16. The fourth-order valence-electron chi connectivity index (χ4n) is 1.57. The van der Waals surface area contributed by atoms with Gasteiger partial charge in [0.2, 0.25) is 0 Å². The highest BCUT2D eigenvalue weighted by Gasteiger charge is 2.04. The Morgan fingerprint density at radius 3 is 2.60 bits per heavy atom. The molecule has 0 aliphatic rings. The van der Waals surface area contributed by atoms with E-state index in [1.807, 2.05) is 6.92 Å². The topological polar surface area (TPSA) is 49.3 Å². The van der Waals surface area contributed by atoms with Gasteiger partial charge in [-0.15, -0.1) is 35.3 Å². The number of thiazole rings is 1. The highest BCUT2D eigenvalue weighted by atomic mass is 127. The number of rotatable bonds is 4. The van der Waals surface area contributed by atoms with Crippen LogP contribution >= 0.6 is 46.7 Å². The van der Waals surface area contributed by atoms with E-state index in [0.717, 1.165) is 23.2 Å². The second kappa shape index (κ2) is 8.58. The van der Waals surface area contributed by atoms with E-state index < -0.39 is 0 Å². The number of aryl methyl sites for hydroxylation is 2. The largest absolute Gasteiger partial charge is 0.352 e. The molecular formula is C13H19IN4S2. The van der Waals surface area contributed by atoms with Crippen molar-refractivity contribution in [2.24, 2.45) is 4.99 Å². The van der Waals surface area contributed by atoms with Crippen LogP contribution in [0.1, 0.15) is 21.1 Å². The van der Waals surface area contributed by atoms with Gasteiger partial charge in [-0.25, -0.2) is 4.98 Å². The van der Waals surface area contributed by atoms with E-state index in [4.69, 9.17) is 0 Å². The minimum Gasteiger partial charge on any atom is -0.352 e. The molecule has 2 N–H and O–H groups in total. The van der Waals surface area contributed by atoms with Crippen LogP contribution in [0.5, 0.6) is 0 Å². The van der Waals surface area contributed by atoms with Crippen molar-refractivity contribution in [3.63, 3.8) is 0 Å². The highest BCUT2D eigenvalue weighted by Crippen LogP contribution is 2.15. The molecule has 0 saturated carbocycles. The number of nitrogens with one attached hydrogen (secondary N) is 2. The van der Waals surface area contributed by atoms with E-state index in [-0.39, 0.29) is 24.0 Å². The Kier molecular flexibility index (Phi) is 7.46. The van der Waals surface area contributed by atoms with Crippen molar-refractivity contribution in [1.29, 1.82) is 0 Å². The third-order valence-electron chi connectivity index (χ3n) is 2.74. The number of hydrogen-bond acceptors (Lipinski definition) is 4. The standard InChI is InChI=1S/C13H18N4S2.HI/c1-9-10(2)19-12(17-9)7-16-13(14-3)15-6-11-4-5-18-8-11;/h4-5,8H,6-7H2,1-3H3,(H2,14,15,16);1H. The Balaban J connectivity index is 0.00000200. The lowest BCUT2D eigenvalue weighted by molar-refractivity contribution is 0.805. The molecule has 0 radical (unpaired) electrons. The summed E-state index contributed by atoms with van der Waals surface area (Å²) >= 11 is 3.43. The van der Waals surface area contributed by atoms with Gasteiger partial charge >= 0.3 is 0 Å². The number of guanidine groups is 1. The van der Waals surface area contributed by atoms with Crippen LogP contribution < -0.4 is 10.6 Å². The Morgan fingerprint density at radius 1 is 1.30 bits per heavy atom. The summed E-state index contributed by atoms with van der Waals surface area (Å²) in [6, 6.07) is 2.11. The van der Waals surface area contributed by atoms with E-state index in [1.54, 1.807) is 29.7 Å². The van der Waals surface area contributed by atoms with Crippen LogP contribution in [0, 0.1) is 13.8 Å². The summed E-state index contributed by atoms with van der Waals surface area (Å²) < 4.78 is 0. The Labute approximate surface area is 144 Å².